The molecule has 2 amide bonds. The Morgan fingerprint density at radius 2 is 1.47 bits per heavy atom. The highest BCUT2D eigenvalue weighted by Gasteiger charge is 2.24. The molecule has 0 radical (unpaired) electrons. The molecule has 1 saturated heterocycles. The van der Waals surface area contributed by atoms with Crippen LogP contribution in [-0.2, 0) is 9.59 Å². The molecule has 3 nitrogen and oxygen atoms in total. The summed E-state index contributed by atoms with van der Waals surface area (Å²) in [5, 5.41) is 0. The minimum Gasteiger partial charge on any atom is -0.286 e. The second-order valence-electron chi connectivity index (χ2n) is 4.27. The highest BCUT2D eigenvalue weighted by Crippen LogP contribution is 2.17. The average Bonchev–Trinajstić information content (AvgIpc) is 2.66. The van der Waals surface area contributed by atoms with Gasteiger partial charge in [0.2, 0.25) is 11.8 Å². The first-order valence-corrected chi connectivity index (χ1v) is 5.65. The molecule has 0 saturated carbocycles. The third-order valence-corrected chi connectivity index (χ3v) is 2.86. The zero-order valence-electron chi connectivity index (χ0n) is 10.9. The summed E-state index contributed by atoms with van der Waals surface area (Å²) in [5.74, 6) is -2.90. The van der Waals surface area contributed by atoms with Crippen molar-refractivity contribution in [3.63, 3.8) is 0 Å². The van der Waals surface area contributed by atoms with E-state index in [1.165, 1.54) is 25.8 Å². The van der Waals surface area contributed by atoms with Crippen molar-refractivity contribution in [3.05, 3.63) is 34.6 Å². The van der Waals surface area contributed by atoms with Crippen LogP contribution in [0.15, 0.2) is 6.07 Å². The number of carbonyl (C=O) groups is 2. The van der Waals surface area contributed by atoms with Gasteiger partial charge in [-0.3, -0.25) is 14.5 Å². The van der Waals surface area contributed by atoms with E-state index >= 15 is 0 Å². The van der Waals surface area contributed by atoms with Gasteiger partial charge in [-0.05, 0) is 25.5 Å². The maximum atomic E-state index is 12.8. The number of imide groups is 1. The number of amides is 2. The fourth-order valence-corrected chi connectivity index (χ4v) is 1.58. The van der Waals surface area contributed by atoms with Gasteiger partial charge in [-0.15, -0.1) is 0 Å². The first-order valence-electron chi connectivity index (χ1n) is 5.65. The zero-order valence-corrected chi connectivity index (χ0v) is 10.9. The smallest absolute Gasteiger partial charge is 0.229 e. The van der Waals surface area contributed by atoms with Gasteiger partial charge in [0.25, 0.3) is 0 Å². The number of likely N-dealkylation sites (tertiary alicyclic amines) is 1. The summed E-state index contributed by atoms with van der Waals surface area (Å²) in [6.45, 7) is 2.60. The van der Waals surface area contributed by atoms with E-state index in [0.717, 1.165) is 6.07 Å². The lowest BCUT2D eigenvalue weighted by molar-refractivity contribution is -0.136. The van der Waals surface area contributed by atoms with Gasteiger partial charge >= 0.3 is 0 Å². The predicted molar refractivity (Wildman–Crippen MR) is 62.8 cm³/mol. The first-order chi connectivity index (χ1) is 8.75. The Kier molecular flexibility index (Phi) is 4.69. The Balaban J connectivity index is 0.000000200. The molecule has 19 heavy (non-hydrogen) atoms. The monoisotopic (exact) mass is 273 g/mol. The van der Waals surface area contributed by atoms with Crippen molar-refractivity contribution in [2.24, 2.45) is 0 Å². The highest BCUT2D eigenvalue weighted by atomic mass is 19.2. The second-order valence-corrected chi connectivity index (χ2v) is 4.27. The van der Waals surface area contributed by atoms with Crippen molar-refractivity contribution in [3.8, 4) is 0 Å². The number of halogens is 3. The van der Waals surface area contributed by atoms with Crippen LogP contribution in [-0.4, -0.2) is 23.8 Å². The lowest BCUT2D eigenvalue weighted by atomic mass is 10.1. The number of hydrogen-bond donors (Lipinski definition) is 0. The van der Waals surface area contributed by atoms with Crippen LogP contribution in [0.2, 0.25) is 0 Å². The summed E-state index contributed by atoms with van der Waals surface area (Å²) in [4.78, 5) is 22.1. The second kappa shape index (κ2) is 5.86. The highest BCUT2D eigenvalue weighted by molar-refractivity contribution is 6.01. The molecule has 1 heterocycles. The predicted octanol–water partition coefficient (Wildman–Crippen LogP) is 2.49. The molecule has 2 rings (SSSR count). The summed E-state index contributed by atoms with van der Waals surface area (Å²) >= 11 is 0. The van der Waals surface area contributed by atoms with Crippen LogP contribution in [0, 0.1) is 31.3 Å². The van der Waals surface area contributed by atoms with E-state index in [0.29, 0.717) is 12.8 Å². The Morgan fingerprint density at radius 3 is 1.84 bits per heavy atom. The minimum atomic E-state index is -1.10. The Hall–Kier alpha value is -1.85. The topological polar surface area (TPSA) is 37.4 Å². The van der Waals surface area contributed by atoms with Crippen molar-refractivity contribution in [1.29, 1.82) is 0 Å². The van der Waals surface area contributed by atoms with Gasteiger partial charge in [0.15, 0.2) is 11.6 Å². The standard InChI is InChI=1S/C8H7F3.C5H7NO2/c1-4-3-6(9)8(11)5(2)7(4)10;1-6-4(7)2-3-5(6)8/h3H,1-2H3;2-3H2,1H3. The number of aryl methyl sites for hydroxylation is 1. The summed E-state index contributed by atoms with van der Waals surface area (Å²) < 4.78 is 37.8. The number of hydrogen-bond acceptors (Lipinski definition) is 2. The van der Waals surface area contributed by atoms with Crippen molar-refractivity contribution in [2.45, 2.75) is 26.7 Å². The third-order valence-electron chi connectivity index (χ3n) is 2.86. The molecule has 1 aromatic rings. The molecule has 1 aromatic carbocycles. The molecule has 0 unspecified atom stereocenters. The van der Waals surface area contributed by atoms with E-state index in [1.807, 2.05) is 0 Å². The Bertz CT molecular complexity index is 487. The van der Waals surface area contributed by atoms with E-state index in [4.69, 9.17) is 0 Å². The number of rotatable bonds is 0. The molecule has 1 aliphatic rings. The third kappa shape index (κ3) is 3.33. The van der Waals surface area contributed by atoms with Crippen LogP contribution in [0.25, 0.3) is 0 Å². The lowest BCUT2D eigenvalue weighted by Gasteiger charge is -2.02. The quantitative estimate of drug-likeness (QED) is 0.538. The maximum Gasteiger partial charge on any atom is 0.229 e. The van der Waals surface area contributed by atoms with E-state index in [9.17, 15) is 22.8 Å². The molecule has 0 atom stereocenters. The molecular formula is C13H14F3NO2. The van der Waals surface area contributed by atoms with Crippen LogP contribution in [0.3, 0.4) is 0 Å². The molecule has 0 aliphatic carbocycles. The van der Waals surface area contributed by atoms with Gasteiger partial charge in [0, 0.05) is 25.5 Å². The summed E-state index contributed by atoms with van der Waals surface area (Å²) in [6.07, 6.45) is 0.796. The molecule has 104 valence electrons. The molecule has 0 N–H and O–H groups in total. The molecule has 0 aromatic heterocycles. The largest absolute Gasteiger partial charge is 0.286 e. The van der Waals surface area contributed by atoms with Gasteiger partial charge < -0.3 is 0 Å². The first kappa shape index (κ1) is 15.2. The SMILES string of the molecule is CN1C(=O)CCC1=O.Cc1cc(F)c(F)c(C)c1F. The van der Waals surface area contributed by atoms with Crippen LogP contribution >= 0.6 is 0 Å². The maximum absolute atomic E-state index is 12.8. The Labute approximate surface area is 109 Å². The van der Waals surface area contributed by atoms with Gasteiger partial charge in [0.05, 0.1) is 0 Å². The van der Waals surface area contributed by atoms with Crippen molar-refractivity contribution < 1.29 is 22.8 Å². The fourth-order valence-electron chi connectivity index (χ4n) is 1.58. The van der Waals surface area contributed by atoms with Crippen LogP contribution in [0.5, 0.6) is 0 Å². The summed E-state index contributed by atoms with van der Waals surface area (Å²) in [7, 11) is 1.51. The van der Waals surface area contributed by atoms with Crippen LogP contribution < -0.4 is 0 Å². The van der Waals surface area contributed by atoms with Gasteiger partial charge in [0.1, 0.15) is 5.82 Å². The van der Waals surface area contributed by atoms with Crippen molar-refractivity contribution >= 4 is 11.8 Å². The fraction of sp³-hybridized carbons (Fsp3) is 0.385. The van der Waals surface area contributed by atoms with E-state index in [1.54, 1.807) is 0 Å². The summed E-state index contributed by atoms with van der Waals surface area (Å²) in [6, 6.07) is 0.845. The van der Waals surface area contributed by atoms with Crippen molar-refractivity contribution in [1.82, 2.24) is 4.90 Å². The van der Waals surface area contributed by atoms with Crippen LogP contribution in [0.1, 0.15) is 24.0 Å². The molecule has 6 heteroatoms. The zero-order chi connectivity index (χ0) is 14.7. The van der Waals surface area contributed by atoms with Crippen molar-refractivity contribution in [2.75, 3.05) is 7.05 Å². The molecule has 0 spiro atoms. The molecule has 1 fully saturated rings. The van der Waals surface area contributed by atoms with Crippen LogP contribution in [0.4, 0.5) is 13.2 Å². The number of carbonyl (C=O) groups excluding carboxylic acids is 2. The minimum absolute atomic E-state index is 0.0602. The van der Waals surface area contributed by atoms with E-state index in [-0.39, 0.29) is 22.9 Å². The lowest BCUT2D eigenvalue weighted by Crippen LogP contribution is -2.23. The number of benzene rings is 1. The van der Waals surface area contributed by atoms with Gasteiger partial charge in [-0.2, -0.15) is 0 Å². The van der Waals surface area contributed by atoms with Gasteiger partial charge in [-0.25, -0.2) is 13.2 Å². The molecule has 0 bridgehead atoms. The average molecular weight is 273 g/mol. The molecule has 1 aliphatic heterocycles. The normalized spacial score (nSPS) is 14.5. The van der Waals surface area contributed by atoms with E-state index < -0.39 is 17.5 Å². The number of nitrogens with zero attached hydrogens (tertiary/aromatic N) is 1. The Morgan fingerprint density at radius 1 is 1.00 bits per heavy atom. The summed E-state index contributed by atoms with van der Waals surface area (Å²) in [5.41, 5.74) is -0.135. The van der Waals surface area contributed by atoms with E-state index in [2.05, 4.69) is 0 Å². The molecular weight excluding hydrogens is 259 g/mol. The van der Waals surface area contributed by atoms with Gasteiger partial charge in [-0.1, -0.05) is 0 Å².